The minimum atomic E-state index is -0.757. The Labute approximate surface area is 142 Å². The molecule has 0 aromatic carbocycles. The zero-order chi connectivity index (χ0) is 17.9. The van der Waals surface area contributed by atoms with Gasteiger partial charge in [0.05, 0.1) is 12.6 Å². The molecular weight excluding hydrogens is 312 g/mol. The predicted molar refractivity (Wildman–Crippen MR) is 88.0 cm³/mol. The Morgan fingerprint density at radius 3 is 1.96 bits per heavy atom. The van der Waals surface area contributed by atoms with Crippen LogP contribution in [0.5, 0.6) is 0 Å². The molecule has 2 N–H and O–H groups in total. The van der Waals surface area contributed by atoms with Crippen molar-refractivity contribution in [1.82, 2.24) is 10.6 Å². The molecule has 0 aliphatic carbocycles. The van der Waals surface area contributed by atoms with E-state index in [-0.39, 0.29) is 0 Å². The molecule has 24 heavy (non-hydrogen) atoms. The quantitative estimate of drug-likeness (QED) is 0.231. The van der Waals surface area contributed by atoms with Gasteiger partial charge < -0.3 is 15.4 Å². The van der Waals surface area contributed by atoms with Crippen molar-refractivity contribution in [3.05, 3.63) is 0 Å². The number of hydrogen-bond acceptors (Lipinski definition) is 6. The number of rotatable bonds is 13. The van der Waals surface area contributed by atoms with E-state index >= 15 is 0 Å². The zero-order valence-corrected chi connectivity index (χ0v) is 14.0. The lowest BCUT2D eigenvalue weighted by atomic mass is 10.1. The van der Waals surface area contributed by atoms with Gasteiger partial charge in [-0.1, -0.05) is 25.7 Å². The molecule has 0 spiro atoms. The topological polar surface area (TPSA) is 121 Å². The standard InChI is InChI=1S/C16H26N4O4/c17-10-6-2-1-3-8-12-19-15(22)24-16(23)20-13-9-5-4-7-11-18-14-21/h1-9,11-13H2,(H,19,22)(H,20,23). The minimum Gasteiger partial charge on any atom is -0.359 e. The number of aliphatic imine (C=N–C) groups is 1. The van der Waals surface area contributed by atoms with Gasteiger partial charge in [0.15, 0.2) is 0 Å². The van der Waals surface area contributed by atoms with E-state index < -0.39 is 12.2 Å². The van der Waals surface area contributed by atoms with Crippen LogP contribution < -0.4 is 10.6 Å². The number of amides is 2. The third-order valence-electron chi connectivity index (χ3n) is 3.20. The predicted octanol–water partition coefficient (Wildman–Crippen LogP) is 2.79. The van der Waals surface area contributed by atoms with Crippen molar-refractivity contribution in [2.75, 3.05) is 19.6 Å². The number of hydrogen-bond donors (Lipinski definition) is 2. The molecule has 0 bridgehead atoms. The molecule has 0 aromatic heterocycles. The van der Waals surface area contributed by atoms with Gasteiger partial charge in [-0.25, -0.2) is 19.4 Å². The Morgan fingerprint density at radius 1 is 0.875 bits per heavy atom. The largest absolute Gasteiger partial charge is 0.416 e. The first-order valence-corrected chi connectivity index (χ1v) is 8.34. The van der Waals surface area contributed by atoms with Crippen LogP contribution in [0.2, 0.25) is 0 Å². The summed E-state index contributed by atoms with van der Waals surface area (Å²) in [5.41, 5.74) is 0. The first-order valence-electron chi connectivity index (χ1n) is 8.34. The fraction of sp³-hybridized carbons (Fsp3) is 0.750. The number of nitrogens with zero attached hydrogens (tertiary/aromatic N) is 2. The summed E-state index contributed by atoms with van der Waals surface area (Å²) in [6, 6.07) is 2.08. The molecular formula is C16H26N4O4. The molecule has 0 fully saturated rings. The smallest absolute Gasteiger partial charge is 0.359 e. The number of nitriles is 1. The van der Waals surface area contributed by atoms with Crippen molar-refractivity contribution >= 4 is 18.3 Å². The molecule has 0 radical (unpaired) electrons. The van der Waals surface area contributed by atoms with Gasteiger partial charge in [-0.15, -0.1) is 0 Å². The molecule has 8 nitrogen and oxygen atoms in total. The third kappa shape index (κ3) is 16.0. The molecule has 0 saturated heterocycles. The number of nitrogens with one attached hydrogen (secondary N) is 2. The van der Waals surface area contributed by atoms with Crippen LogP contribution >= 0.6 is 0 Å². The highest BCUT2D eigenvalue weighted by atomic mass is 16.6. The second-order valence-electron chi connectivity index (χ2n) is 5.24. The molecule has 0 aromatic rings. The maximum Gasteiger partial charge on any atom is 0.416 e. The van der Waals surface area contributed by atoms with Gasteiger partial charge in [-0.05, 0) is 25.7 Å². The van der Waals surface area contributed by atoms with E-state index in [2.05, 4.69) is 26.4 Å². The zero-order valence-electron chi connectivity index (χ0n) is 14.0. The summed E-state index contributed by atoms with van der Waals surface area (Å²) < 4.78 is 4.55. The number of alkyl carbamates (subject to hydrolysis) is 2. The summed E-state index contributed by atoms with van der Waals surface area (Å²) in [4.78, 5) is 36.0. The average molecular weight is 338 g/mol. The number of ether oxygens (including phenoxy) is 1. The normalized spacial score (nSPS) is 9.46. The maximum atomic E-state index is 11.4. The average Bonchev–Trinajstić information content (AvgIpc) is 2.56. The van der Waals surface area contributed by atoms with E-state index in [1.807, 2.05) is 0 Å². The molecule has 0 rings (SSSR count). The van der Waals surface area contributed by atoms with Crippen LogP contribution in [-0.4, -0.2) is 37.9 Å². The second-order valence-corrected chi connectivity index (χ2v) is 5.24. The van der Waals surface area contributed by atoms with Gasteiger partial charge in [0, 0.05) is 19.5 Å². The van der Waals surface area contributed by atoms with Crippen molar-refractivity contribution in [2.45, 2.75) is 57.8 Å². The van der Waals surface area contributed by atoms with Crippen LogP contribution in [0.3, 0.4) is 0 Å². The fourth-order valence-electron chi connectivity index (χ4n) is 1.93. The van der Waals surface area contributed by atoms with Crippen LogP contribution in [0, 0.1) is 11.3 Å². The monoisotopic (exact) mass is 338 g/mol. The Morgan fingerprint density at radius 2 is 1.42 bits per heavy atom. The van der Waals surface area contributed by atoms with Crippen LogP contribution in [-0.2, 0) is 9.53 Å². The molecule has 8 heteroatoms. The van der Waals surface area contributed by atoms with Crippen molar-refractivity contribution in [3.8, 4) is 6.07 Å². The molecule has 2 amide bonds. The lowest BCUT2D eigenvalue weighted by Gasteiger charge is -2.07. The maximum absolute atomic E-state index is 11.4. The highest BCUT2D eigenvalue weighted by Gasteiger charge is 2.08. The molecule has 0 unspecified atom stereocenters. The van der Waals surface area contributed by atoms with Gasteiger partial charge in [0.25, 0.3) is 0 Å². The molecule has 0 atom stereocenters. The Kier molecular flexibility index (Phi) is 15.3. The molecule has 0 aliphatic heterocycles. The number of unbranched alkanes of at least 4 members (excludes halogenated alkanes) is 7. The Hall–Kier alpha value is -2.39. The SMILES string of the molecule is N#CCCCCCCNC(=O)OC(=O)NCCCCCCN=C=O. The lowest BCUT2D eigenvalue weighted by Crippen LogP contribution is -2.33. The molecule has 134 valence electrons. The van der Waals surface area contributed by atoms with Crippen LogP contribution in [0.1, 0.15) is 57.8 Å². The van der Waals surface area contributed by atoms with Crippen molar-refractivity contribution in [3.63, 3.8) is 0 Å². The lowest BCUT2D eigenvalue weighted by molar-refractivity contribution is 0.150. The summed E-state index contributed by atoms with van der Waals surface area (Å²) in [5, 5.41) is 13.4. The van der Waals surface area contributed by atoms with Gasteiger partial charge in [0.1, 0.15) is 0 Å². The summed E-state index contributed by atoms with van der Waals surface area (Å²) in [5.74, 6) is 0. The molecule has 0 saturated carbocycles. The second kappa shape index (κ2) is 17.0. The Bertz CT molecular complexity index is 442. The molecule has 0 aliphatic rings. The van der Waals surface area contributed by atoms with Gasteiger partial charge >= 0.3 is 12.2 Å². The summed E-state index contributed by atoms with van der Waals surface area (Å²) in [7, 11) is 0. The number of carbonyl (C=O) groups excluding carboxylic acids is 3. The van der Waals surface area contributed by atoms with Crippen LogP contribution in [0.25, 0.3) is 0 Å². The highest BCUT2D eigenvalue weighted by Crippen LogP contribution is 2.01. The van der Waals surface area contributed by atoms with Crippen molar-refractivity contribution < 1.29 is 19.1 Å². The minimum absolute atomic E-state index is 0.432. The van der Waals surface area contributed by atoms with Gasteiger partial charge in [-0.3, -0.25) is 0 Å². The van der Waals surface area contributed by atoms with Crippen LogP contribution in [0.15, 0.2) is 4.99 Å². The van der Waals surface area contributed by atoms with E-state index in [4.69, 9.17) is 5.26 Å². The summed E-state index contributed by atoms with van der Waals surface area (Å²) in [6.45, 7) is 1.36. The highest BCUT2D eigenvalue weighted by molar-refractivity contribution is 5.83. The van der Waals surface area contributed by atoms with Crippen molar-refractivity contribution in [1.29, 1.82) is 5.26 Å². The van der Waals surface area contributed by atoms with E-state index in [1.165, 1.54) is 6.08 Å². The third-order valence-corrected chi connectivity index (χ3v) is 3.20. The van der Waals surface area contributed by atoms with E-state index in [0.717, 1.165) is 51.4 Å². The van der Waals surface area contributed by atoms with Crippen molar-refractivity contribution in [2.24, 2.45) is 4.99 Å². The van der Waals surface area contributed by atoms with E-state index in [1.54, 1.807) is 0 Å². The van der Waals surface area contributed by atoms with E-state index in [0.29, 0.717) is 26.1 Å². The Balaban J connectivity index is 3.41. The van der Waals surface area contributed by atoms with E-state index in [9.17, 15) is 14.4 Å². The fourth-order valence-corrected chi connectivity index (χ4v) is 1.93. The summed E-state index contributed by atoms with van der Waals surface area (Å²) in [6.07, 6.45) is 7.46. The number of carbonyl (C=O) groups is 2. The van der Waals surface area contributed by atoms with Gasteiger partial charge in [0.2, 0.25) is 6.08 Å². The summed E-state index contributed by atoms with van der Waals surface area (Å²) >= 11 is 0. The molecule has 0 heterocycles. The first-order chi connectivity index (χ1) is 11.7. The first kappa shape index (κ1) is 21.6. The van der Waals surface area contributed by atoms with Crippen LogP contribution in [0.4, 0.5) is 9.59 Å². The van der Waals surface area contributed by atoms with Gasteiger partial charge in [-0.2, -0.15) is 5.26 Å². The number of isocyanates is 1.